The number of hydrogen-bond acceptors (Lipinski definition) is 9. The van der Waals surface area contributed by atoms with Gasteiger partial charge in [0, 0.05) is 23.2 Å². The van der Waals surface area contributed by atoms with Crippen molar-refractivity contribution in [3.63, 3.8) is 0 Å². The van der Waals surface area contributed by atoms with Gasteiger partial charge < -0.3 is 28.7 Å². The molecule has 0 atom stereocenters. The van der Waals surface area contributed by atoms with Gasteiger partial charge in [-0.05, 0) is 49.9 Å². The van der Waals surface area contributed by atoms with E-state index in [2.05, 4.69) is 16.9 Å². The Hall–Kier alpha value is -4.67. The normalized spacial score (nSPS) is 12.6. The van der Waals surface area contributed by atoms with Crippen LogP contribution in [0.2, 0.25) is 0 Å². The molecule has 2 N–H and O–H groups in total. The van der Waals surface area contributed by atoms with Crippen molar-refractivity contribution in [1.29, 1.82) is 0 Å². The fourth-order valence-corrected chi connectivity index (χ4v) is 3.65. The first kappa shape index (κ1) is 25.4. The zero-order valence-corrected chi connectivity index (χ0v) is 20.2. The summed E-state index contributed by atoms with van der Waals surface area (Å²) in [5.41, 5.74) is 0.148. The van der Waals surface area contributed by atoms with Crippen LogP contribution in [0.5, 0.6) is 5.75 Å². The van der Waals surface area contributed by atoms with Gasteiger partial charge in [0.05, 0.1) is 12.7 Å². The Morgan fingerprint density at radius 3 is 2.57 bits per heavy atom. The number of carboxylic acid groups (broad SMARTS) is 1. The average molecular weight is 508 g/mol. The Bertz CT molecular complexity index is 1450. The smallest absolute Gasteiger partial charge is 0.496 e. The van der Waals surface area contributed by atoms with Gasteiger partial charge >= 0.3 is 17.8 Å². The zero-order valence-electron chi connectivity index (χ0n) is 20.2. The van der Waals surface area contributed by atoms with Gasteiger partial charge in [-0.15, -0.1) is 0 Å². The summed E-state index contributed by atoms with van der Waals surface area (Å²) in [6.07, 6.45) is 3.51. The zero-order chi connectivity index (χ0) is 26.7. The number of amides is 1. The maximum atomic E-state index is 13.2. The van der Waals surface area contributed by atoms with Crippen LogP contribution in [0.1, 0.15) is 61.3 Å². The van der Waals surface area contributed by atoms with Gasteiger partial charge in [-0.25, -0.2) is 19.4 Å². The molecule has 3 aromatic rings. The number of aromatic carboxylic acids is 1. The minimum absolute atomic E-state index is 0.00135. The van der Waals surface area contributed by atoms with Gasteiger partial charge in [-0.2, -0.15) is 0 Å². The molecule has 192 valence electrons. The standard InChI is InChI=1S/C26H24N2O9/c1-4-15-9-18(24(30)31)17(10-20(15)34-3)16-7-8-19(23(29)27-11-14-5-6-14)28-22(16)25(32)35-12-21-13(2)36-26(33)37-21/h4,7-10,14H,1,5-6,11-12H2,2-3H3,(H,27,29)(H,30,31). The maximum Gasteiger partial charge on any atom is 0.519 e. The molecule has 0 radical (unpaired) electrons. The Morgan fingerprint density at radius 2 is 1.97 bits per heavy atom. The predicted octanol–water partition coefficient (Wildman–Crippen LogP) is 3.45. The van der Waals surface area contributed by atoms with Crippen molar-refractivity contribution in [3.05, 3.63) is 75.5 Å². The van der Waals surface area contributed by atoms with Gasteiger partial charge in [0.15, 0.2) is 23.8 Å². The number of aromatic nitrogens is 1. The highest BCUT2D eigenvalue weighted by molar-refractivity contribution is 6.03. The van der Waals surface area contributed by atoms with E-state index < -0.39 is 30.3 Å². The average Bonchev–Trinajstić information content (AvgIpc) is 3.66. The number of hydrogen-bond donors (Lipinski definition) is 2. The number of rotatable bonds is 10. The molecule has 0 saturated heterocycles. The third kappa shape index (κ3) is 5.61. The molecule has 1 aromatic carbocycles. The van der Waals surface area contributed by atoms with Crippen LogP contribution in [0.4, 0.5) is 0 Å². The lowest BCUT2D eigenvalue weighted by Gasteiger charge is -2.15. The highest BCUT2D eigenvalue weighted by atomic mass is 16.6. The van der Waals surface area contributed by atoms with Gasteiger partial charge in [0.1, 0.15) is 11.4 Å². The van der Waals surface area contributed by atoms with E-state index in [1.807, 2.05) is 0 Å². The number of benzene rings is 1. The van der Waals surface area contributed by atoms with Crippen LogP contribution in [0, 0.1) is 12.8 Å². The van der Waals surface area contributed by atoms with Crippen LogP contribution in [0.25, 0.3) is 17.2 Å². The van der Waals surface area contributed by atoms with E-state index in [0.29, 0.717) is 23.8 Å². The van der Waals surface area contributed by atoms with Crippen molar-refractivity contribution in [1.82, 2.24) is 10.3 Å². The fourth-order valence-electron chi connectivity index (χ4n) is 3.65. The second-order valence-corrected chi connectivity index (χ2v) is 8.40. The summed E-state index contributed by atoms with van der Waals surface area (Å²) >= 11 is 0. The lowest BCUT2D eigenvalue weighted by atomic mass is 9.95. The molecule has 11 heteroatoms. The molecule has 11 nitrogen and oxygen atoms in total. The molecule has 2 heterocycles. The largest absolute Gasteiger partial charge is 0.519 e. The van der Waals surface area contributed by atoms with Gasteiger partial charge in [0.2, 0.25) is 0 Å². The topological polar surface area (TPSA) is 158 Å². The number of nitrogens with one attached hydrogen (secondary N) is 1. The maximum absolute atomic E-state index is 13.2. The molecule has 1 amide bonds. The van der Waals surface area contributed by atoms with E-state index >= 15 is 0 Å². The molecule has 1 saturated carbocycles. The summed E-state index contributed by atoms with van der Waals surface area (Å²) < 4.78 is 20.3. The number of carbonyl (C=O) groups excluding carboxylic acids is 2. The molecule has 2 aromatic heterocycles. The first-order chi connectivity index (χ1) is 17.7. The third-order valence-corrected chi connectivity index (χ3v) is 5.85. The first-order valence-electron chi connectivity index (χ1n) is 11.4. The lowest BCUT2D eigenvalue weighted by molar-refractivity contribution is 0.0436. The Kier molecular flexibility index (Phi) is 7.23. The van der Waals surface area contributed by atoms with E-state index in [4.69, 9.17) is 18.3 Å². The molecule has 4 rings (SSSR count). The number of methoxy groups -OCH3 is 1. The number of aryl methyl sites for hydroxylation is 1. The van der Waals surface area contributed by atoms with E-state index in [0.717, 1.165) is 12.8 Å². The Balaban J connectivity index is 1.77. The second-order valence-electron chi connectivity index (χ2n) is 8.40. The van der Waals surface area contributed by atoms with Crippen LogP contribution in [0.3, 0.4) is 0 Å². The SMILES string of the molecule is C=Cc1cc(C(=O)O)c(-c2ccc(C(=O)NCC3CC3)nc2C(=O)OCc2oc(=O)oc2C)cc1OC. The second kappa shape index (κ2) is 10.5. The molecule has 0 aliphatic heterocycles. The van der Waals surface area contributed by atoms with Crippen LogP contribution in [0.15, 0.2) is 44.5 Å². The molecule has 0 unspecified atom stereocenters. The number of pyridine rings is 1. The highest BCUT2D eigenvalue weighted by Crippen LogP contribution is 2.34. The minimum Gasteiger partial charge on any atom is -0.496 e. The quantitative estimate of drug-likeness (QED) is 0.389. The molecule has 0 bridgehead atoms. The molecular formula is C26H24N2O9. The van der Waals surface area contributed by atoms with Gasteiger partial charge in [-0.1, -0.05) is 12.7 Å². The van der Waals surface area contributed by atoms with Crippen molar-refractivity contribution in [2.75, 3.05) is 13.7 Å². The summed E-state index contributed by atoms with van der Waals surface area (Å²) in [4.78, 5) is 53.5. The number of carbonyl (C=O) groups is 3. The van der Waals surface area contributed by atoms with Crippen molar-refractivity contribution in [2.24, 2.45) is 5.92 Å². The number of esters is 1. The van der Waals surface area contributed by atoms with Crippen LogP contribution in [-0.4, -0.2) is 41.6 Å². The summed E-state index contributed by atoms with van der Waals surface area (Å²) in [6.45, 7) is 5.19. The van der Waals surface area contributed by atoms with Crippen LogP contribution >= 0.6 is 0 Å². The predicted molar refractivity (Wildman–Crippen MR) is 129 cm³/mol. The summed E-state index contributed by atoms with van der Waals surface area (Å²) in [6, 6.07) is 5.62. The van der Waals surface area contributed by atoms with E-state index in [9.17, 15) is 24.3 Å². The lowest BCUT2D eigenvalue weighted by Crippen LogP contribution is -2.27. The first-order valence-corrected chi connectivity index (χ1v) is 11.4. The summed E-state index contributed by atoms with van der Waals surface area (Å²) in [5.74, 6) is -2.79. The van der Waals surface area contributed by atoms with Crippen molar-refractivity contribution in [3.8, 4) is 16.9 Å². The molecule has 37 heavy (non-hydrogen) atoms. The van der Waals surface area contributed by atoms with Crippen molar-refractivity contribution >= 4 is 23.9 Å². The summed E-state index contributed by atoms with van der Waals surface area (Å²) in [5, 5.41) is 12.6. The number of nitrogens with zero attached hydrogens (tertiary/aromatic N) is 1. The summed E-state index contributed by atoms with van der Waals surface area (Å²) in [7, 11) is 1.41. The molecule has 1 aliphatic carbocycles. The van der Waals surface area contributed by atoms with E-state index in [1.54, 1.807) is 0 Å². The Morgan fingerprint density at radius 1 is 1.22 bits per heavy atom. The molecular weight excluding hydrogens is 484 g/mol. The van der Waals surface area contributed by atoms with Crippen LogP contribution in [-0.2, 0) is 11.3 Å². The van der Waals surface area contributed by atoms with Crippen LogP contribution < -0.4 is 15.9 Å². The monoisotopic (exact) mass is 508 g/mol. The molecule has 1 fully saturated rings. The van der Waals surface area contributed by atoms with Gasteiger partial charge in [0.25, 0.3) is 5.91 Å². The van der Waals surface area contributed by atoms with E-state index in [1.165, 1.54) is 44.4 Å². The number of carboxylic acids is 1. The van der Waals surface area contributed by atoms with Crippen molar-refractivity contribution in [2.45, 2.75) is 26.4 Å². The van der Waals surface area contributed by atoms with E-state index in [-0.39, 0.29) is 39.6 Å². The third-order valence-electron chi connectivity index (χ3n) is 5.85. The fraction of sp³-hybridized carbons (Fsp3) is 0.269. The molecule has 1 aliphatic rings. The number of ether oxygens (including phenoxy) is 2. The Labute approximate surface area is 210 Å². The van der Waals surface area contributed by atoms with Crippen molar-refractivity contribution < 1.29 is 37.8 Å². The van der Waals surface area contributed by atoms with Gasteiger partial charge in [-0.3, -0.25) is 4.79 Å². The highest BCUT2D eigenvalue weighted by Gasteiger charge is 2.26. The minimum atomic E-state index is -1.26. The molecule has 0 spiro atoms.